The molecule has 0 heterocycles. The lowest BCUT2D eigenvalue weighted by molar-refractivity contribution is 0.0940. The maximum atomic E-state index is 12.1. The number of rotatable bonds is 5. The molecule has 1 atom stereocenters. The van der Waals surface area contributed by atoms with E-state index in [1.54, 1.807) is 12.1 Å². The van der Waals surface area contributed by atoms with Gasteiger partial charge in [-0.15, -0.1) is 0 Å². The van der Waals surface area contributed by atoms with E-state index in [1.165, 1.54) is 0 Å². The summed E-state index contributed by atoms with van der Waals surface area (Å²) < 4.78 is 5.40. The van der Waals surface area contributed by atoms with Gasteiger partial charge in [-0.1, -0.05) is 30.3 Å². The summed E-state index contributed by atoms with van der Waals surface area (Å²) in [5, 5.41) is 2.98. The molecule has 0 aromatic heterocycles. The topological polar surface area (TPSA) is 38.3 Å². The van der Waals surface area contributed by atoms with Crippen LogP contribution in [0, 0.1) is 0 Å². The monoisotopic (exact) mass is 269 g/mol. The van der Waals surface area contributed by atoms with Crippen LogP contribution in [0.2, 0.25) is 0 Å². The van der Waals surface area contributed by atoms with Crippen molar-refractivity contribution in [2.24, 2.45) is 0 Å². The Kier molecular flexibility index (Phi) is 4.77. The lowest BCUT2D eigenvalue weighted by Gasteiger charge is -2.15. The average molecular weight is 269 g/mol. The van der Waals surface area contributed by atoms with Crippen molar-refractivity contribution in [3.8, 4) is 5.75 Å². The molecule has 104 valence electrons. The minimum atomic E-state index is -0.0630. The first-order valence-corrected chi connectivity index (χ1v) is 6.79. The summed E-state index contributed by atoms with van der Waals surface area (Å²) >= 11 is 0. The number of ether oxygens (including phenoxy) is 1. The third kappa shape index (κ3) is 3.60. The smallest absolute Gasteiger partial charge is 0.251 e. The fraction of sp³-hybridized carbons (Fsp3) is 0.235. The summed E-state index contributed by atoms with van der Waals surface area (Å²) in [6, 6.07) is 17.0. The van der Waals surface area contributed by atoms with E-state index < -0.39 is 0 Å². The van der Waals surface area contributed by atoms with Gasteiger partial charge in [-0.2, -0.15) is 0 Å². The van der Waals surface area contributed by atoms with E-state index in [4.69, 9.17) is 4.74 Å². The minimum absolute atomic E-state index is 0.0432. The Morgan fingerprint density at radius 1 is 1.10 bits per heavy atom. The molecule has 0 aliphatic rings. The van der Waals surface area contributed by atoms with E-state index in [-0.39, 0.29) is 11.9 Å². The van der Waals surface area contributed by atoms with Crippen molar-refractivity contribution in [1.82, 2.24) is 5.32 Å². The van der Waals surface area contributed by atoms with Crippen LogP contribution in [0.15, 0.2) is 54.6 Å². The number of hydrogen-bond donors (Lipinski definition) is 1. The Balaban J connectivity index is 2.01. The zero-order valence-electron chi connectivity index (χ0n) is 11.8. The number of carbonyl (C=O) groups is 1. The Labute approximate surface area is 119 Å². The summed E-state index contributed by atoms with van der Waals surface area (Å²) in [4.78, 5) is 12.1. The van der Waals surface area contributed by atoms with Gasteiger partial charge in [-0.3, -0.25) is 4.79 Å². The SMILES string of the molecule is CCOc1ccc([C@@H](C)NC(=O)c2ccccc2)cc1. The number of amides is 1. The van der Waals surface area contributed by atoms with Gasteiger partial charge in [0.2, 0.25) is 0 Å². The van der Waals surface area contributed by atoms with Crippen molar-refractivity contribution in [3.05, 3.63) is 65.7 Å². The molecule has 2 rings (SSSR count). The Morgan fingerprint density at radius 3 is 2.35 bits per heavy atom. The van der Waals surface area contributed by atoms with Crippen LogP contribution in [-0.2, 0) is 0 Å². The standard InChI is InChI=1S/C17H19NO2/c1-3-20-16-11-9-14(10-12-16)13(2)18-17(19)15-7-5-4-6-8-15/h4-13H,3H2,1-2H3,(H,18,19)/t13-/m1/s1. The fourth-order valence-corrected chi connectivity index (χ4v) is 1.97. The van der Waals surface area contributed by atoms with E-state index >= 15 is 0 Å². The predicted molar refractivity (Wildman–Crippen MR) is 79.9 cm³/mol. The molecule has 0 saturated carbocycles. The summed E-state index contributed by atoms with van der Waals surface area (Å²) in [6.07, 6.45) is 0. The Hall–Kier alpha value is -2.29. The van der Waals surface area contributed by atoms with Crippen molar-refractivity contribution in [2.45, 2.75) is 19.9 Å². The summed E-state index contributed by atoms with van der Waals surface area (Å²) in [5.41, 5.74) is 1.73. The zero-order chi connectivity index (χ0) is 14.4. The molecule has 0 radical (unpaired) electrons. The minimum Gasteiger partial charge on any atom is -0.494 e. The van der Waals surface area contributed by atoms with E-state index in [0.29, 0.717) is 12.2 Å². The maximum absolute atomic E-state index is 12.1. The first-order valence-electron chi connectivity index (χ1n) is 6.79. The van der Waals surface area contributed by atoms with Crippen molar-refractivity contribution >= 4 is 5.91 Å². The molecule has 2 aromatic rings. The van der Waals surface area contributed by atoms with Gasteiger partial charge in [0, 0.05) is 5.56 Å². The van der Waals surface area contributed by atoms with Gasteiger partial charge in [-0.25, -0.2) is 0 Å². The van der Waals surface area contributed by atoms with Crippen LogP contribution < -0.4 is 10.1 Å². The van der Waals surface area contributed by atoms with Crippen LogP contribution in [0.3, 0.4) is 0 Å². The quantitative estimate of drug-likeness (QED) is 0.901. The molecule has 1 amide bonds. The fourth-order valence-electron chi connectivity index (χ4n) is 1.97. The van der Waals surface area contributed by atoms with E-state index in [9.17, 15) is 4.79 Å². The zero-order valence-corrected chi connectivity index (χ0v) is 11.8. The highest BCUT2D eigenvalue weighted by atomic mass is 16.5. The predicted octanol–water partition coefficient (Wildman–Crippen LogP) is 3.58. The number of benzene rings is 2. The molecule has 0 spiro atoms. The molecule has 0 aliphatic heterocycles. The van der Waals surface area contributed by atoms with Crippen molar-refractivity contribution in [1.29, 1.82) is 0 Å². The van der Waals surface area contributed by atoms with Gasteiger partial charge in [0.15, 0.2) is 0 Å². The summed E-state index contributed by atoms with van der Waals surface area (Å²) in [5.74, 6) is 0.782. The maximum Gasteiger partial charge on any atom is 0.251 e. The van der Waals surface area contributed by atoms with E-state index in [0.717, 1.165) is 11.3 Å². The molecule has 2 aromatic carbocycles. The van der Waals surface area contributed by atoms with Gasteiger partial charge >= 0.3 is 0 Å². The van der Waals surface area contributed by atoms with E-state index in [1.807, 2.05) is 56.3 Å². The van der Waals surface area contributed by atoms with Gasteiger partial charge < -0.3 is 10.1 Å². The number of hydrogen-bond acceptors (Lipinski definition) is 2. The van der Waals surface area contributed by atoms with Gasteiger partial charge in [0.1, 0.15) is 5.75 Å². The Bertz CT molecular complexity index is 549. The second kappa shape index (κ2) is 6.75. The van der Waals surface area contributed by atoms with Crippen LogP contribution in [-0.4, -0.2) is 12.5 Å². The van der Waals surface area contributed by atoms with Crippen LogP contribution in [0.5, 0.6) is 5.75 Å². The normalized spacial score (nSPS) is 11.7. The highest BCUT2D eigenvalue weighted by Crippen LogP contribution is 2.18. The third-order valence-electron chi connectivity index (χ3n) is 3.07. The molecule has 0 unspecified atom stereocenters. The molecule has 3 heteroatoms. The van der Waals surface area contributed by atoms with Crippen molar-refractivity contribution < 1.29 is 9.53 Å². The summed E-state index contributed by atoms with van der Waals surface area (Å²) in [7, 11) is 0. The molecule has 0 aliphatic carbocycles. The molecule has 20 heavy (non-hydrogen) atoms. The molecule has 0 saturated heterocycles. The van der Waals surface area contributed by atoms with Crippen LogP contribution in [0.25, 0.3) is 0 Å². The van der Waals surface area contributed by atoms with Crippen LogP contribution in [0.1, 0.15) is 35.8 Å². The molecular weight excluding hydrogens is 250 g/mol. The van der Waals surface area contributed by atoms with Crippen LogP contribution in [0.4, 0.5) is 0 Å². The lowest BCUT2D eigenvalue weighted by Crippen LogP contribution is -2.26. The second-order valence-corrected chi connectivity index (χ2v) is 4.56. The van der Waals surface area contributed by atoms with E-state index in [2.05, 4.69) is 5.32 Å². The third-order valence-corrected chi connectivity index (χ3v) is 3.07. The number of carbonyl (C=O) groups excluding carboxylic acids is 1. The van der Waals surface area contributed by atoms with Gasteiger partial charge in [-0.05, 0) is 43.7 Å². The van der Waals surface area contributed by atoms with Crippen molar-refractivity contribution in [3.63, 3.8) is 0 Å². The van der Waals surface area contributed by atoms with Crippen molar-refractivity contribution in [2.75, 3.05) is 6.61 Å². The number of nitrogens with one attached hydrogen (secondary N) is 1. The molecule has 3 nitrogen and oxygen atoms in total. The molecule has 0 fully saturated rings. The molecule has 1 N–H and O–H groups in total. The van der Waals surface area contributed by atoms with Gasteiger partial charge in [0.05, 0.1) is 12.6 Å². The largest absolute Gasteiger partial charge is 0.494 e. The summed E-state index contributed by atoms with van der Waals surface area (Å²) in [6.45, 7) is 4.58. The average Bonchev–Trinajstić information content (AvgIpc) is 2.49. The molecule has 0 bridgehead atoms. The first-order chi connectivity index (χ1) is 9.70. The second-order valence-electron chi connectivity index (χ2n) is 4.56. The first kappa shape index (κ1) is 14.1. The highest BCUT2D eigenvalue weighted by molar-refractivity contribution is 5.94. The van der Waals surface area contributed by atoms with Crippen LogP contribution >= 0.6 is 0 Å². The van der Waals surface area contributed by atoms with Gasteiger partial charge in [0.25, 0.3) is 5.91 Å². The molecular formula is C17H19NO2. The highest BCUT2D eigenvalue weighted by Gasteiger charge is 2.10. The lowest BCUT2D eigenvalue weighted by atomic mass is 10.1. The Morgan fingerprint density at radius 2 is 1.75 bits per heavy atom.